The molecule has 0 aliphatic rings. The van der Waals surface area contributed by atoms with Crippen LogP contribution in [-0.2, 0) is 5.41 Å². The first kappa shape index (κ1) is 14.4. The van der Waals surface area contributed by atoms with E-state index in [1.165, 1.54) is 0 Å². The number of aliphatic hydroxyl groups is 1. The van der Waals surface area contributed by atoms with Crippen LogP contribution >= 0.6 is 0 Å². The molecule has 0 saturated carbocycles. The Morgan fingerprint density at radius 1 is 1.44 bits per heavy atom. The maximum atomic E-state index is 11.5. The summed E-state index contributed by atoms with van der Waals surface area (Å²) >= 11 is 0. The maximum Gasteiger partial charge on any atom is 0.315 e. The van der Waals surface area contributed by atoms with Crippen molar-refractivity contribution in [3.8, 4) is 0 Å². The van der Waals surface area contributed by atoms with Crippen LogP contribution in [0.4, 0.5) is 4.79 Å². The smallest absolute Gasteiger partial charge is 0.315 e. The molecule has 1 atom stereocenters. The first-order chi connectivity index (χ1) is 8.45. The molecule has 18 heavy (non-hydrogen) atoms. The van der Waals surface area contributed by atoms with Crippen molar-refractivity contribution in [2.75, 3.05) is 13.2 Å². The summed E-state index contributed by atoms with van der Waals surface area (Å²) < 4.78 is 0. The van der Waals surface area contributed by atoms with Gasteiger partial charge < -0.3 is 15.7 Å². The maximum absolute atomic E-state index is 11.5. The third-order valence-corrected chi connectivity index (χ3v) is 2.80. The number of rotatable bonds is 5. The minimum Gasteiger partial charge on any atom is -0.394 e. The molecule has 0 aliphatic heterocycles. The van der Waals surface area contributed by atoms with Crippen LogP contribution in [-0.4, -0.2) is 35.3 Å². The van der Waals surface area contributed by atoms with E-state index < -0.39 is 0 Å². The van der Waals surface area contributed by atoms with Gasteiger partial charge in [-0.3, -0.25) is 4.98 Å². The lowest BCUT2D eigenvalue weighted by Crippen LogP contribution is -2.46. The van der Waals surface area contributed by atoms with Gasteiger partial charge in [0.05, 0.1) is 12.6 Å². The quantitative estimate of drug-likeness (QED) is 0.732. The normalized spacial score (nSPS) is 12.9. The highest BCUT2D eigenvalue weighted by Crippen LogP contribution is 2.20. The number of urea groups is 1. The van der Waals surface area contributed by atoms with E-state index in [0.29, 0.717) is 6.54 Å². The summed E-state index contributed by atoms with van der Waals surface area (Å²) in [5.41, 5.74) is 0.955. The van der Waals surface area contributed by atoms with Gasteiger partial charge >= 0.3 is 6.03 Å². The molecule has 5 heteroatoms. The predicted octanol–water partition coefficient (Wildman–Crippen LogP) is 1.04. The zero-order valence-electron chi connectivity index (χ0n) is 11.1. The summed E-state index contributed by atoms with van der Waals surface area (Å²) in [6, 6.07) is 3.37. The van der Waals surface area contributed by atoms with Crippen LogP contribution in [0.2, 0.25) is 0 Å². The standard InChI is InChI=1S/C13H21N3O2/c1-10(8-17)16-12(18)15-9-13(2,3)11-4-6-14-7-5-11/h4-7,10,17H,8-9H2,1-3H3,(H2,15,16,18)/t10-/m0/s1. The minimum absolute atomic E-state index is 0.0683. The predicted molar refractivity (Wildman–Crippen MR) is 70.3 cm³/mol. The zero-order chi connectivity index (χ0) is 13.6. The average molecular weight is 251 g/mol. The van der Waals surface area contributed by atoms with Gasteiger partial charge in [0, 0.05) is 24.4 Å². The molecule has 0 aliphatic carbocycles. The molecule has 100 valence electrons. The molecule has 0 unspecified atom stereocenters. The Morgan fingerprint density at radius 2 is 2.06 bits per heavy atom. The summed E-state index contributed by atoms with van der Waals surface area (Å²) in [5, 5.41) is 14.3. The molecule has 0 saturated heterocycles. The Labute approximate surface area is 108 Å². The highest BCUT2D eigenvalue weighted by molar-refractivity contribution is 5.74. The molecular formula is C13H21N3O2. The first-order valence-corrected chi connectivity index (χ1v) is 6.01. The molecule has 0 radical (unpaired) electrons. The molecule has 1 heterocycles. The van der Waals surface area contributed by atoms with E-state index in [1.54, 1.807) is 19.3 Å². The van der Waals surface area contributed by atoms with Crippen molar-refractivity contribution in [1.29, 1.82) is 0 Å². The number of hydrogen-bond donors (Lipinski definition) is 3. The van der Waals surface area contributed by atoms with Crippen molar-refractivity contribution >= 4 is 6.03 Å². The van der Waals surface area contributed by atoms with Crippen LogP contribution in [0.15, 0.2) is 24.5 Å². The second-order valence-corrected chi connectivity index (χ2v) is 5.03. The Balaban J connectivity index is 2.50. The molecule has 0 aromatic carbocycles. The second-order valence-electron chi connectivity index (χ2n) is 5.03. The van der Waals surface area contributed by atoms with Crippen LogP contribution in [0.3, 0.4) is 0 Å². The molecule has 0 bridgehead atoms. The number of amides is 2. The number of carbonyl (C=O) groups excluding carboxylic acids is 1. The summed E-state index contributed by atoms with van der Waals surface area (Å²) in [4.78, 5) is 15.5. The van der Waals surface area contributed by atoms with Crippen LogP contribution in [0.1, 0.15) is 26.3 Å². The number of aliphatic hydroxyl groups excluding tert-OH is 1. The van der Waals surface area contributed by atoms with Crippen LogP contribution in [0.5, 0.6) is 0 Å². The number of nitrogens with zero attached hydrogens (tertiary/aromatic N) is 1. The van der Waals surface area contributed by atoms with E-state index in [1.807, 2.05) is 12.1 Å². The molecule has 5 nitrogen and oxygen atoms in total. The number of hydrogen-bond acceptors (Lipinski definition) is 3. The van der Waals surface area contributed by atoms with Gasteiger partial charge in [0.2, 0.25) is 0 Å². The van der Waals surface area contributed by atoms with Crippen molar-refractivity contribution in [2.45, 2.75) is 32.2 Å². The third-order valence-electron chi connectivity index (χ3n) is 2.80. The summed E-state index contributed by atoms with van der Waals surface area (Å²) in [6.07, 6.45) is 3.48. The molecule has 1 aromatic heterocycles. The van der Waals surface area contributed by atoms with E-state index in [4.69, 9.17) is 5.11 Å². The van der Waals surface area contributed by atoms with Crippen LogP contribution < -0.4 is 10.6 Å². The van der Waals surface area contributed by atoms with Crippen molar-refractivity contribution in [3.63, 3.8) is 0 Å². The number of nitrogens with one attached hydrogen (secondary N) is 2. The molecule has 2 amide bonds. The summed E-state index contributed by atoms with van der Waals surface area (Å²) in [5.74, 6) is 0. The van der Waals surface area contributed by atoms with E-state index in [2.05, 4.69) is 29.5 Å². The molecule has 3 N–H and O–H groups in total. The van der Waals surface area contributed by atoms with Gasteiger partial charge in [-0.2, -0.15) is 0 Å². The second kappa shape index (κ2) is 6.35. The minimum atomic E-state index is -0.265. The van der Waals surface area contributed by atoms with Crippen molar-refractivity contribution in [3.05, 3.63) is 30.1 Å². The largest absolute Gasteiger partial charge is 0.394 e. The van der Waals surface area contributed by atoms with E-state index >= 15 is 0 Å². The van der Waals surface area contributed by atoms with E-state index in [9.17, 15) is 4.79 Å². The van der Waals surface area contributed by atoms with Gasteiger partial charge in [-0.15, -0.1) is 0 Å². The average Bonchev–Trinajstić information content (AvgIpc) is 2.37. The summed E-state index contributed by atoms with van der Waals surface area (Å²) in [7, 11) is 0. The van der Waals surface area contributed by atoms with Crippen molar-refractivity contribution < 1.29 is 9.90 Å². The fourth-order valence-corrected chi connectivity index (χ4v) is 1.53. The first-order valence-electron chi connectivity index (χ1n) is 6.01. The Morgan fingerprint density at radius 3 is 2.61 bits per heavy atom. The third kappa shape index (κ3) is 4.33. The Kier molecular flexibility index (Phi) is 5.09. The highest BCUT2D eigenvalue weighted by Gasteiger charge is 2.21. The lowest BCUT2D eigenvalue weighted by atomic mass is 9.85. The molecular weight excluding hydrogens is 230 g/mol. The topological polar surface area (TPSA) is 74.2 Å². The molecule has 0 fully saturated rings. The SMILES string of the molecule is C[C@@H](CO)NC(=O)NCC(C)(C)c1ccncc1. The van der Waals surface area contributed by atoms with Gasteiger partial charge in [-0.05, 0) is 24.6 Å². The van der Waals surface area contributed by atoms with Gasteiger partial charge in [-0.1, -0.05) is 13.8 Å². The van der Waals surface area contributed by atoms with Gasteiger partial charge in [0.25, 0.3) is 0 Å². The monoisotopic (exact) mass is 251 g/mol. The number of pyridine rings is 1. The lowest BCUT2D eigenvalue weighted by molar-refractivity contribution is 0.218. The Bertz CT molecular complexity index is 379. The lowest BCUT2D eigenvalue weighted by Gasteiger charge is -2.25. The molecule has 1 rings (SSSR count). The number of aromatic nitrogens is 1. The van der Waals surface area contributed by atoms with E-state index in [0.717, 1.165) is 5.56 Å². The molecule has 1 aromatic rings. The number of carbonyl (C=O) groups is 1. The van der Waals surface area contributed by atoms with Crippen molar-refractivity contribution in [1.82, 2.24) is 15.6 Å². The van der Waals surface area contributed by atoms with Gasteiger partial charge in [-0.25, -0.2) is 4.79 Å². The van der Waals surface area contributed by atoms with Gasteiger partial charge in [0.1, 0.15) is 0 Å². The molecule has 0 spiro atoms. The van der Waals surface area contributed by atoms with E-state index in [-0.39, 0.29) is 24.1 Å². The van der Waals surface area contributed by atoms with Crippen molar-refractivity contribution in [2.24, 2.45) is 0 Å². The highest BCUT2D eigenvalue weighted by atomic mass is 16.3. The van der Waals surface area contributed by atoms with Crippen LogP contribution in [0.25, 0.3) is 0 Å². The van der Waals surface area contributed by atoms with Crippen LogP contribution in [0, 0.1) is 0 Å². The fourth-order valence-electron chi connectivity index (χ4n) is 1.53. The zero-order valence-corrected chi connectivity index (χ0v) is 11.1. The fraction of sp³-hybridized carbons (Fsp3) is 0.538. The summed E-state index contributed by atoms with van der Waals surface area (Å²) in [6.45, 7) is 6.30. The van der Waals surface area contributed by atoms with Gasteiger partial charge in [0.15, 0.2) is 0 Å². The Hall–Kier alpha value is -1.62.